The predicted octanol–water partition coefficient (Wildman–Crippen LogP) is 2.89. The van der Waals surface area contributed by atoms with Gasteiger partial charge >= 0.3 is 0 Å². The minimum Gasteiger partial charge on any atom is -0.504 e. The smallest absolute Gasteiger partial charge is 0.160 e. The van der Waals surface area contributed by atoms with Crippen molar-refractivity contribution in [3.05, 3.63) is 47.0 Å². The minimum atomic E-state index is -2.27. The first-order chi connectivity index (χ1) is 12.7. The van der Waals surface area contributed by atoms with Crippen molar-refractivity contribution in [3.63, 3.8) is 0 Å². The molecule has 128 valence electrons. The summed E-state index contributed by atoms with van der Waals surface area (Å²) in [5.74, 6) is 0.713. The zero-order valence-electron chi connectivity index (χ0n) is 16.7. The van der Waals surface area contributed by atoms with Crippen LogP contribution in [0.1, 0.15) is 26.8 Å². The van der Waals surface area contributed by atoms with Gasteiger partial charge in [-0.15, -0.1) is 0 Å². The largest absolute Gasteiger partial charge is 0.504 e. The van der Waals surface area contributed by atoms with E-state index in [9.17, 15) is 10.2 Å². The molecule has 1 aliphatic rings. The summed E-state index contributed by atoms with van der Waals surface area (Å²) in [7, 11) is 2.95. The topological polar surface area (TPSA) is 62.2 Å². The lowest BCUT2D eigenvalue weighted by Gasteiger charge is -2.35. The van der Waals surface area contributed by atoms with E-state index in [0.29, 0.717) is 30.9 Å². The van der Waals surface area contributed by atoms with Gasteiger partial charge in [-0.25, -0.2) is 0 Å². The molecule has 0 unspecified atom stereocenters. The number of likely N-dealkylation sites (N-methyl/N-ethyl adjacent to an activating group) is 1. The Morgan fingerprint density at radius 1 is 1.12 bits per heavy atom. The van der Waals surface area contributed by atoms with Crippen LogP contribution in [0, 0.1) is 0 Å². The van der Waals surface area contributed by atoms with Crippen molar-refractivity contribution in [3.8, 4) is 23.0 Å². The van der Waals surface area contributed by atoms with Crippen molar-refractivity contribution in [2.24, 2.45) is 0 Å². The van der Waals surface area contributed by atoms with Crippen LogP contribution in [0.4, 0.5) is 0 Å². The summed E-state index contributed by atoms with van der Waals surface area (Å²) >= 11 is 0. The van der Waals surface area contributed by atoms with Crippen LogP contribution < -0.4 is 9.47 Å². The molecule has 2 aromatic carbocycles. The highest BCUT2D eigenvalue weighted by molar-refractivity contribution is 5.49. The highest BCUT2D eigenvalue weighted by Gasteiger charge is 2.27. The van der Waals surface area contributed by atoms with E-state index in [1.165, 1.54) is 19.1 Å². The lowest BCUT2D eigenvalue weighted by molar-refractivity contribution is 0.228. The van der Waals surface area contributed by atoms with Crippen LogP contribution in [0.25, 0.3) is 0 Å². The second-order valence-electron chi connectivity index (χ2n) is 5.89. The summed E-state index contributed by atoms with van der Waals surface area (Å²) in [6.45, 7) is -1.91. The van der Waals surface area contributed by atoms with E-state index in [2.05, 4.69) is 0 Å². The first-order valence-corrected chi connectivity index (χ1v) is 7.77. The zero-order valence-corrected chi connectivity index (χ0v) is 13.7. The number of phenolic OH excluding ortho intramolecular Hbond substituents is 2. The SMILES string of the molecule is [2H]C([2H])([2H])N1CCc2cc(OC)c(O)cc2[C@@H]1Cc1ccc(OC)c(O)c1. The van der Waals surface area contributed by atoms with Gasteiger partial charge in [0.05, 0.1) is 14.2 Å². The molecule has 0 radical (unpaired) electrons. The fourth-order valence-corrected chi connectivity index (χ4v) is 3.19. The Balaban J connectivity index is 2.03. The van der Waals surface area contributed by atoms with Crippen LogP contribution in [0.2, 0.25) is 0 Å². The maximum atomic E-state index is 10.2. The number of phenols is 2. The van der Waals surface area contributed by atoms with Gasteiger partial charge in [0.15, 0.2) is 23.0 Å². The van der Waals surface area contributed by atoms with Crippen LogP contribution in [0.5, 0.6) is 23.0 Å². The fourth-order valence-electron chi connectivity index (χ4n) is 3.19. The minimum absolute atomic E-state index is 0.00375. The summed E-state index contributed by atoms with van der Waals surface area (Å²) in [6, 6.07) is 7.91. The summed E-state index contributed by atoms with van der Waals surface area (Å²) in [5, 5.41) is 20.3. The van der Waals surface area contributed by atoms with Crippen LogP contribution in [-0.2, 0) is 12.8 Å². The van der Waals surface area contributed by atoms with E-state index in [4.69, 9.17) is 13.6 Å². The molecule has 0 bridgehead atoms. The normalized spacial score (nSPS) is 19.8. The Kier molecular flexibility index (Phi) is 3.57. The van der Waals surface area contributed by atoms with E-state index >= 15 is 0 Å². The van der Waals surface area contributed by atoms with E-state index in [-0.39, 0.29) is 11.5 Å². The molecule has 1 atom stereocenters. The molecular formula is C19H23NO4. The van der Waals surface area contributed by atoms with E-state index in [0.717, 1.165) is 16.7 Å². The van der Waals surface area contributed by atoms with E-state index < -0.39 is 13.0 Å². The van der Waals surface area contributed by atoms with Gasteiger partial charge < -0.3 is 19.7 Å². The third-order valence-electron chi connectivity index (χ3n) is 4.47. The molecule has 0 amide bonds. The van der Waals surface area contributed by atoms with Crippen molar-refractivity contribution in [2.75, 3.05) is 27.7 Å². The molecule has 0 saturated carbocycles. The van der Waals surface area contributed by atoms with E-state index in [1.54, 1.807) is 30.3 Å². The predicted molar refractivity (Wildman–Crippen MR) is 92.1 cm³/mol. The molecule has 5 nitrogen and oxygen atoms in total. The van der Waals surface area contributed by atoms with Crippen molar-refractivity contribution in [2.45, 2.75) is 18.9 Å². The second-order valence-corrected chi connectivity index (χ2v) is 5.89. The maximum absolute atomic E-state index is 10.2. The van der Waals surface area contributed by atoms with Crippen molar-refractivity contribution < 1.29 is 23.8 Å². The molecule has 2 N–H and O–H groups in total. The fraction of sp³-hybridized carbons (Fsp3) is 0.368. The van der Waals surface area contributed by atoms with Gasteiger partial charge in [-0.05, 0) is 60.8 Å². The quantitative estimate of drug-likeness (QED) is 0.901. The lowest BCUT2D eigenvalue weighted by atomic mass is 9.88. The number of hydrogen-bond donors (Lipinski definition) is 2. The van der Waals surface area contributed by atoms with Crippen molar-refractivity contribution in [1.29, 1.82) is 0 Å². The van der Waals surface area contributed by atoms with Gasteiger partial charge in [0.1, 0.15) is 0 Å². The lowest BCUT2D eigenvalue weighted by Crippen LogP contribution is -2.33. The third kappa shape index (κ3) is 2.99. The number of fused-ring (bicyclic) bond motifs is 1. The summed E-state index contributed by atoms with van der Waals surface area (Å²) in [6.07, 6.45) is 0.920. The van der Waals surface area contributed by atoms with Gasteiger partial charge in [-0.3, -0.25) is 4.90 Å². The molecule has 2 aromatic rings. The Morgan fingerprint density at radius 3 is 2.54 bits per heavy atom. The van der Waals surface area contributed by atoms with Crippen molar-refractivity contribution >= 4 is 0 Å². The monoisotopic (exact) mass is 332 g/mol. The number of ether oxygens (including phenoxy) is 2. The first-order valence-electron chi connectivity index (χ1n) is 9.27. The zero-order chi connectivity index (χ0) is 19.8. The molecule has 3 rings (SSSR count). The highest BCUT2D eigenvalue weighted by Crippen LogP contribution is 2.39. The van der Waals surface area contributed by atoms with Gasteiger partial charge in [0.25, 0.3) is 0 Å². The van der Waals surface area contributed by atoms with Crippen LogP contribution in [-0.4, -0.2) is 42.9 Å². The molecule has 1 aliphatic heterocycles. The number of rotatable bonds is 4. The van der Waals surface area contributed by atoms with Crippen LogP contribution in [0.15, 0.2) is 30.3 Å². The van der Waals surface area contributed by atoms with E-state index in [1.807, 2.05) is 0 Å². The van der Waals surface area contributed by atoms with Gasteiger partial charge in [-0.1, -0.05) is 6.07 Å². The van der Waals surface area contributed by atoms with Gasteiger partial charge in [0.2, 0.25) is 0 Å². The highest BCUT2D eigenvalue weighted by atomic mass is 16.5. The number of aromatic hydroxyl groups is 2. The average molecular weight is 332 g/mol. The molecule has 0 fully saturated rings. The standard InChI is InChI=1S/C19H23NO4/c1-20-7-6-13-10-19(24-3)17(22)11-14(13)15(20)8-12-4-5-18(23-2)16(21)9-12/h4-5,9-11,15,21-22H,6-8H2,1-3H3/t15-/m0/s1/i1D3. The molecular weight excluding hydrogens is 306 g/mol. The first kappa shape index (κ1) is 13.0. The average Bonchev–Trinajstić information content (AvgIpc) is 2.61. The molecule has 24 heavy (non-hydrogen) atoms. The summed E-state index contributed by atoms with van der Waals surface area (Å²) < 4.78 is 34.0. The molecule has 1 heterocycles. The molecule has 0 aromatic heterocycles. The Hall–Kier alpha value is -2.40. The summed E-state index contributed by atoms with van der Waals surface area (Å²) in [4.78, 5) is 1.46. The number of hydrogen-bond acceptors (Lipinski definition) is 5. The maximum Gasteiger partial charge on any atom is 0.160 e. The van der Waals surface area contributed by atoms with Gasteiger partial charge in [0, 0.05) is 16.7 Å². The number of benzene rings is 2. The third-order valence-corrected chi connectivity index (χ3v) is 4.47. The van der Waals surface area contributed by atoms with Crippen LogP contribution >= 0.6 is 0 Å². The molecule has 5 heteroatoms. The molecule has 0 saturated heterocycles. The molecule has 0 spiro atoms. The molecule has 0 aliphatic carbocycles. The summed E-state index contributed by atoms with van der Waals surface area (Å²) in [5.41, 5.74) is 2.48. The van der Waals surface area contributed by atoms with Crippen molar-refractivity contribution in [1.82, 2.24) is 4.90 Å². The second kappa shape index (κ2) is 6.61. The Bertz CT molecular complexity index is 838. The Labute approximate surface area is 146 Å². The number of methoxy groups -OCH3 is 2. The Morgan fingerprint density at radius 2 is 1.88 bits per heavy atom. The number of nitrogens with zero attached hydrogens (tertiary/aromatic N) is 1. The van der Waals surface area contributed by atoms with Gasteiger partial charge in [-0.2, -0.15) is 0 Å². The van der Waals surface area contributed by atoms with Crippen LogP contribution in [0.3, 0.4) is 0 Å².